The lowest BCUT2D eigenvalue weighted by Gasteiger charge is -2.18. The molecule has 7 nitrogen and oxygen atoms in total. The van der Waals surface area contributed by atoms with Crippen LogP contribution in [-0.2, 0) is 0 Å². The summed E-state index contributed by atoms with van der Waals surface area (Å²) in [6.07, 6.45) is 1.26. The highest BCUT2D eigenvalue weighted by Gasteiger charge is 2.31. The molecule has 29 heavy (non-hydrogen) atoms. The second-order valence-electron chi connectivity index (χ2n) is 6.49. The molecular weight excluding hydrogens is 370 g/mol. The number of aromatic amines is 1. The Hall–Kier alpha value is -4.31. The molecule has 1 aliphatic carbocycles. The molecule has 0 aliphatic heterocycles. The van der Waals surface area contributed by atoms with Crippen LogP contribution in [0.5, 0.6) is 5.88 Å². The van der Waals surface area contributed by atoms with E-state index in [4.69, 9.17) is 5.26 Å². The summed E-state index contributed by atoms with van der Waals surface area (Å²) in [5.41, 5.74) is 0.899. The maximum absolute atomic E-state index is 13.0. The fourth-order valence-corrected chi connectivity index (χ4v) is 3.38. The maximum atomic E-state index is 13.0. The number of aromatic hydroxyl groups is 1. The third-order valence-electron chi connectivity index (χ3n) is 4.87. The lowest BCUT2D eigenvalue weighted by Crippen LogP contribution is -2.20. The highest BCUT2D eigenvalue weighted by Crippen LogP contribution is 2.33. The second-order valence-corrected chi connectivity index (χ2v) is 6.49. The smallest absolute Gasteiger partial charge is 0.268 e. The number of aromatic nitrogens is 1. The van der Waals surface area contributed by atoms with Gasteiger partial charge in [-0.25, -0.2) is 0 Å². The normalized spacial score (nSPS) is 12.6. The summed E-state index contributed by atoms with van der Waals surface area (Å²) < 4.78 is 0. The lowest BCUT2D eigenvalue weighted by atomic mass is 9.83. The van der Waals surface area contributed by atoms with E-state index in [2.05, 4.69) is 9.98 Å². The standard InChI is InChI=1S/C22H13N3O4/c1-11-15(9-23)21(28)25-22(29)16(11)10-24-17-8-4-7-14-18(17)20(27)13-6-3-2-5-12(13)19(14)26/h2-8,10H,1H3,(H2,25,28,29). The Kier molecular flexibility index (Phi) is 4.17. The van der Waals surface area contributed by atoms with Crippen LogP contribution in [0.4, 0.5) is 5.69 Å². The number of nitriles is 1. The van der Waals surface area contributed by atoms with Crippen LogP contribution in [0.2, 0.25) is 0 Å². The van der Waals surface area contributed by atoms with Gasteiger partial charge in [0.25, 0.3) is 5.56 Å². The molecule has 0 saturated heterocycles. The van der Waals surface area contributed by atoms with Crippen molar-refractivity contribution >= 4 is 23.5 Å². The molecule has 7 heteroatoms. The monoisotopic (exact) mass is 383 g/mol. The van der Waals surface area contributed by atoms with E-state index in [1.807, 2.05) is 0 Å². The van der Waals surface area contributed by atoms with Crippen molar-refractivity contribution in [1.29, 1.82) is 5.26 Å². The van der Waals surface area contributed by atoms with E-state index in [1.165, 1.54) is 13.1 Å². The number of hydrogen-bond acceptors (Lipinski definition) is 6. The largest absolute Gasteiger partial charge is 0.494 e. The van der Waals surface area contributed by atoms with Gasteiger partial charge in [-0.2, -0.15) is 5.26 Å². The molecule has 2 aromatic carbocycles. The number of nitrogens with one attached hydrogen (secondary N) is 1. The maximum Gasteiger partial charge on any atom is 0.268 e. The second kappa shape index (κ2) is 6.69. The number of H-pyrrole nitrogens is 1. The molecule has 1 aromatic heterocycles. The molecule has 0 bridgehead atoms. The van der Waals surface area contributed by atoms with Crippen molar-refractivity contribution in [3.05, 3.63) is 91.8 Å². The number of aliphatic imine (C=N–C) groups is 1. The van der Waals surface area contributed by atoms with E-state index in [-0.39, 0.29) is 45.1 Å². The number of carbonyl (C=O) groups is 2. The minimum atomic E-state index is -0.700. The van der Waals surface area contributed by atoms with E-state index >= 15 is 0 Å². The van der Waals surface area contributed by atoms with Crippen molar-refractivity contribution in [2.45, 2.75) is 6.92 Å². The number of benzene rings is 2. The van der Waals surface area contributed by atoms with Gasteiger partial charge in [-0.3, -0.25) is 24.4 Å². The van der Waals surface area contributed by atoms with Gasteiger partial charge < -0.3 is 5.11 Å². The summed E-state index contributed by atoms with van der Waals surface area (Å²) in [6.45, 7) is 1.51. The van der Waals surface area contributed by atoms with Gasteiger partial charge in [0.05, 0.1) is 16.8 Å². The molecule has 0 unspecified atom stereocenters. The van der Waals surface area contributed by atoms with Crippen molar-refractivity contribution < 1.29 is 14.7 Å². The molecule has 0 spiro atoms. The molecule has 1 heterocycles. The van der Waals surface area contributed by atoms with E-state index in [0.717, 1.165) is 0 Å². The third-order valence-corrected chi connectivity index (χ3v) is 4.87. The highest BCUT2D eigenvalue weighted by atomic mass is 16.3. The molecule has 0 saturated carbocycles. The molecule has 0 fully saturated rings. The predicted molar refractivity (Wildman–Crippen MR) is 105 cm³/mol. The SMILES string of the molecule is Cc1c(C=Nc2cccc3c2C(=O)c2ccccc2C3=O)c(O)[nH]c(=O)c1C#N. The van der Waals surface area contributed by atoms with Crippen molar-refractivity contribution in [2.75, 3.05) is 0 Å². The molecule has 3 aromatic rings. The summed E-state index contributed by atoms with van der Waals surface area (Å²) in [5.74, 6) is -1.02. The summed E-state index contributed by atoms with van der Waals surface area (Å²) >= 11 is 0. The fourth-order valence-electron chi connectivity index (χ4n) is 3.38. The van der Waals surface area contributed by atoms with Crippen LogP contribution in [0.25, 0.3) is 0 Å². The first-order valence-electron chi connectivity index (χ1n) is 8.65. The molecular formula is C22H13N3O4. The van der Waals surface area contributed by atoms with Crippen molar-refractivity contribution in [2.24, 2.45) is 4.99 Å². The van der Waals surface area contributed by atoms with Gasteiger partial charge >= 0.3 is 0 Å². The summed E-state index contributed by atoms with van der Waals surface area (Å²) in [6, 6.07) is 13.1. The number of ketones is 2. The average Bonchev–Trinajstić information content (AvgIpc) is 2.71. The van der Waals surface area contributed by atoms with Gasteiger partial charge in [0.1, 0.15) is 11.6 Å². The van der Waals surface area contributed by atoms with Gasteiger partial charge in [-0.05, 0) is 18.6 Å². The zero-order valence-electron chi connectivity index (χ0n) is 15.2. The molecule has 1 aliphatic rings. The Balaban J connectivity index is 1.87. The highest BCUT2D eigenvalue weighted by molar-refractivity contribution is 6.30. The Labute approximate surface area is 164 Å². The lowest BCUT2D eigenvalue weighted by molar-refractivity contribution is 0.0979. The average molecular weight is 383 g/mol. The summed E-state index contributed by atoms with van der Waals surface area (Å²) in [5, 5.41) is 19.2. The van der Waals surface area contributed by atoms with E-state index < -0.39 is 11.4 Å². The van der Waals surface area contributed by atoms with Crippen LogP contribution in [0.15, 0.2) is 52.3 Å². The number of pyridine rings is 1. The van der Waals surface area contributed by atoms with Crippen molar-refractivity contribution in [1.82, 2.24) is 4.98 Å². The first kappa shape index (κ1) is 18.1. The quantitative estimate of drug-likeness (QED) is 0.515. The van der Waals surface area contributed by atoms with Gasteiger partial charge in [0.2, 0.25) is 5.88 Å². The zero-order valence-corrected chi connectivity index (χ0v) is 15.2. The molecule has 0 amide bonds. The number of rotatable bonds is 2. The van der Waals surface area contributed by atoms with Crippen LogP contribution in [0, 0.1) is 18.3 Å². The van der Waals surface area contributed by atoms with Crippen molar-refractivity contribution in [3.63, 3.8) is 0 Å². The first-order chi connectivity index (χ1) is 13.9. The summed E-state index contributed by atoms with van der Waals surface area (Å²) in [4.78, 5) is 44.0. The molecule has 140 valence electrons. The minimum Gasteiger partial charge on any atom is -0.494 e. The fraction of sp³-hybridized carbons (Fsp3) is 0.0455. The molecule has 0 radical (unpaired) electrons. The number of fused-ring (bicyclic) bond motifs is 2. The Morgan fingerprint density at radius 2 is 1.66 bits per heavy atom. The Morgan fingerprint density at radius 3 is 2.34 bits per heavy atom. The van der Waals surface area contributed by atoms with Gasteiger partial charge in [-0.1, -0.05) is 36.4 Å². The molecule has 0 atom stereocenters. The molecule has 2 N–H and O–H groups in total. The van der Waals surface area contributed by atoms with Crippen LogP contribution >= 0.6 is 0 Å². The van der Waals surface area contributed by atoms with Gasteiger partial charge in [0.15, 0.2) is 11.6 Å². The van der Waals surface area contributed by atoms with E-state index in [9.17, 15) is 19.5 Å². The van der Waals surface area contributed by atoms with Crippen LogP contribution in [0.3, 0.4) is 0 Å². The number of carbonyl (C=O) groups excluding carboxylic acids is 2. The third kappa shape index (κ3) is 2.75. The Bertz CT molecular complexity index is 1340. The predicted octanol–water partition coefficient (Wildman–Crippen LogP) is 2.79. The molecule has 4 rings (SSSR count). The number of nitrogens with zero attached hydrogens (tertiary/aromatic N) is 2. The van der Waals surface area contributed by atoms with Crippen molar-refractivity contribution in [3.8, 4) is 11.9 Å². The number of hydrogen-bond donors (Lipinski definition) is 2. The van der Waals surface area contributed by atoms with Crippen LogP contribution in [-0.4, -0.2) is 27.9 Å². The Morgan fingerprint density at radius 1 is 1.00 bits per heavy atom. The summed E-state index contributed by atoms with van der Waals surface area (Å²) in [7, 11) is 0. The van der Waals surface area contributed by atoms with Crippen LogP contribution in [0.1, 0.15) is 48.5 Å². The first-order valence-corrected chi connectivity index (χ1v) is 8.65. The van der Waals surface area contributed by atoms with E-state index in [1.54, 1.807) is 48.5 Å². The zero-order chi connectivity index (χ0) is 20.7. The van der Waals surface area contributed by atoms with Gasteiger partial charge in [-0.15, -0.1) is 0 Å². The van der Waals surface area contributed by atoms with E-state index in [0.29, 0.717) is 11.1 Å². The topological polar surface area (TPSA) is 123 Å². The minimum absolute atomic E-state index is 0.139. The van der Waals surface area contributed by atoms with Crippen LogP contribution < -0.4 is 5.56 Å². The van der Waals surface area contributed by atoms with Gasteiger partial charge in [0, 0.05) is 22.9 Å².